The molecule has 0 radical (unpaired) electrons. The monoisotopic (exact) mass is 273 g/mol. The average Bonchev–Trinajstić information content (AvgIpc) is 2.27. The molecule has 0 saturated heterocycles. The predicted molar refractivity (Wildman–Crippen MR) is 74.6 cm³/mol. The molecular formula is C13H27N3O3. The van der Waals surface area contributed by atoms with Crippen LogP contribution in [0.3, 0.4) is 0 Å². The maximum Gasteiger partial charge on any atom is 0.239 e. The van der Waals surface area contributed by atoms with E-state index in [0.29, 0.717) is 13.2 Å². The van der Waals surface area contributed by atoms with Crippen molar-refractivity contribution in [1.82, 2.24) is 10.2 Å². The normalized spacial score (nSPS) is 12.9. The van der Waals surface area contributed by atoms with Crippen molar-refractivity contribution >= 4 is 11.8 Å². The number of rotatable bonds is 7. The van der Waals surface area contributed by atoms with E-state index >= 15 is 0 Å². The number of nitrogens with one attached hydrogen (secondary N) is 1. The van der Waals surface area contributed by atoms with Crippen LogP contribution in [0.5, 0.6) is 0 Å². The van der Waals surface area contributed by atoms with Gasteiger partial charge in [0.15, 0.2) is 0 Å². The Morgan fingerprint density at radius 3 is 2.42 bits per heavy atom. The minimum atomic E-state index is -0.223. The Hall–Kier alpha value is -1.14. The van der Waals surface area contributed by atoms with Gasteiger partial charge in [-0.3, -0.25) is 9.59 Å². The third-order valence-corrected chi connectivity index (χ3v) is 2.94. The van der Waals surface area contributed by atoms with E-state index in [0.717, 1.165) is 0 Å². The molecule has 19 heavy (non-hydrogen) atoms. The second-order valence-electron chi connectivity index (χ2n) is 5.77. The molecule has 0 rings (SSSR count). The van der Waals surface area contributed by atoms with Gasteiger partial charge < -0.3 is 20.7 Å². The van der Waals surface area contributed by atoms with Crippen molar-refractivity contribution in [2.24, 2.45) is 11.1 Å². The van der Waals surface area contributed by atoms with Crippen LogP contribution in [0.4, 0.5) is 0 Å². The van der Waals surface area contributed by atoms with Crippen molar-refractivity contribution in [1.29, 1.82) is 0 Å². The minimum absolute atomic E-state index is 0.0411. The van der Waals surface area contributed by atoms with Crippen LogP contribution in [0.25, 0.3) is 0 Å². The van der Waals surface area contributed by atoms with Gasteiger partial charge in [-0.2, -0.15) is 0 Å². The summed E-state index contributed by atoms with van der Waals surface area (Å²) >= 11 is 0. The first-order valence-electron chi connectivity index (χ1n) is 6.43. The van der Waals surface area contributed by atoms with Gasteiger partial charge in [-0.25, -0.2) is 0 Å². The maximum absolute atomic E-state index is 11.9. The summed E-state index contributed by atoms with van der Waals surface area (Å²) in [6, 6.07) is -0.223. The lowest BCUT2D eigenvalue weighted by atomic mass is 9.85. The van der Waals surface area contributed by atoms with Crippen LogP contribution in [0, 0.1) is 5.41 Å². The van der Waals surface area contributed by atoms with E-state index in [1.165, 1.54) is 4.90 Å². The molecule has 3 N–H and O–H groups in total. The quantitative estimate of drug-likeness (QED) is 0.638. The molecule has 2 amide bonds. The Kier molecular flexibility index (Phi) is 7.63. The number of nitrogens with zero attached hydrogens (tertiary/aromatic N) is 1. The average molecular weight is 273 g/mol. The molecule has 0 aromatic carbocycles. The van der Waals surface area contributed by atoms with Gasteiger partial charge in [0, 0.05) is 33.2 Å². The van der Waals surface area contributed by atoms with Crippen LogP contribution >= 0.6 is 0 Å². The molecule has 0 bridgehead atoms. The fourth-order valence-corrected chi connectivity index (χ4v) is 1.30. The second-order valence-corrected chi connectivity index (χ2v) is 5.77. The fourth-order valence-electron chi connectivity index (χ4n) is 1.30. The number of ether oxygens (including phenoxy) is 1. The highest BCUT2D eigenvalue weighted by molar-refractivity contribution is 5.84. The van der Waals surface area contributed by atoms with Gasteiger partial charge in [0.25, 0.3) is 0 Å². The molecule has 0 aromatic rings. The van der Waals surface area contributed by atoms with Crippen LogP contribution in [-0.4, -0.2) is 56.6 Å². The molecule has 0 aliphatic rings. The standard InChI is InChI=1S/C13H27N3O3/c1-13(2,3)10(14)8-12(18)16(4)9-11(17)15-6-7-19-5/h10H,6-9,14H2,1-5H3,(H,15,17). The second kappa shape index (κ2) is 8.12. The van der Waals surface area contributed by atoms with E-state index in [2.05, 4.69) is 5.32 Å². The van der Waals surface area contributed by atoms with E-state index < -0.39 is 0 Å². The number of hydrogen-bond donors (Lipinski definition) is 2. The van der Waals surface area contributed by atoms with Crippen molar-refractivity contribution in [3.63, 3.8) is 0 Å². The van der Waals surface area contributed by atoms with E-state index in [1.54, 1.807) is 14.2 Å². The number of nitrogens with two attached hydrogens (primary N) is 1. The molecular weight excluding hydrogens is 246 g/mol. The Morgan fingerprint density at radius 2 is 1.95 bits per heavy atom. The summed E-state index contributed by atoms with van der Waals surface area (Å²) in [7, 11) is 3.17. The Balaban J connectivity index is 4.10. The van der Waals surface area contributed by atoms with Crippen molar-refractivity contribution in [2.45, 2.75) is 33.2 Å². The first kappa shape index (κ1) is 17.9. The lowest BCUT2D eigenvalue weighted by Crippen LogP contribution is -2.44. The van der Waals surface area contributed by atoms with Crippen molar-refractivity contribution < 1.29 is 14.3 Å². The zero-order valence-electron chi connectivity index (χ0n) is 12.7. The van der Waals surface area contributed by atoms with Gasteiger partial charge in [0.2, 0.25) is 11.8 Å². The lowest BCUT2D eigenvalue weighted by molar-refractivity contribution is -0.135. The van der Waals surface area contributed by atoms with E-state index in [4.69, 9.17) is 10.5 Å². The molecule has 0 heterocycles. The molecule has 0 saturated carbocycles. The minimum Gasteiger partial charge on any atom is -0.383 e. The molecule has 0 aliphatic carbocycles. The smallest absolute Gasteiger partial charge is 0.239 e. The zero-order chi connectivity index (χ0) is 15.1. The summed E-state index contributed by atoms with van der Waals surface area (Å²) in [5.41, 5.74) is 5.83. The number of carbonyl (C=O) groups excluding carboxylic acids is 2. The first-order valence-corrected chi connectivity index (χ1v) is 6.43. The first-order chi connectivity index (χ1) is 8.68. The van der Waals surface area contributed by atoms with Crippen LogP contribution in [0.1, 0.15) is 27.2 Å². The van der Waals surface area contributed by atoms with Crippen LogP contribution in [0.15, 0.2) is 0 Å². The summed E-state index contributed by atoms with van der Waals surface area (Å²) < 4.78 is 4.82. The molecule has 0 aromatic heterocycles. The van der Waals surface area contributed by atoms with Gasteiger partial charge in [-0.05, 0) is 5.41 Å². The van der Waals surface area contributed by atoms with Gasteiger partial charge in [0.05, 0.1) is 13.2 Å². The number of methoxy groups -OCH3 is 1. The lowest BCUT2D eigenvalue weighted by Gasteiger charge is -2.28. The van der Waals surface area contributed by atoms with E-state index in [-0.39, 0.29) is 36.2 Å². The van der Waals surface area contributed by atoms with Crippen molar-refractivity contribution in [3.8, 4) is 0 Å². The SMILES string of the molecule is COCCNC(=O)CN(C)C(=O)CC(N)C(C)(C)C. The molecule has 0 fully saturated rings. The highest BCUT2D eigenvalue weighted by Gasteiger charge is 2.25. The number of carbonyl (C=O) groups is 2. The fraction of sp³-hybridized carbons (Fsp3) is 0.846. The predicted octanol–water partition coefficient (Wildman–Crippen LogP) is -0.0291. The number of amides is 2. The van der Waals surface area contributed by atoms with Crippen LogP contribution in [0.2, 0.25) is 0 Å². The summed E-state index contributed by atoms with van der Waals surface area (Å²) in [6.07, 6.45) is 0.241. The number of hydrogen-bond acceptors (Lipinski definition) is 4. The highest BCUT2D eigenvalue weighted by atomic mass is 16.5. The van der Waals surface area contributed by atoms with Crippen LogP contribution < -0.4 is 11.1 Å². The molecule has 1 unspecified atom stereocenters. The summed E-state index contributed by atoms with van der Waals surface area (Å²) in [4.78, 5) is 24.8. The highest BCUT2D eigenvalue weighted by Crippen LogP contribution is 2.20. The summed E-state index contributed by atoms with van der Waals surface area (Å²) in [5, 5.41) is 2.66. The molecule has 6 nitrogen and oxygen atoms in total. The van der Waals surface area contributed by atoms with E-state index in [9.17, 15) is 9.59 Å². The summed E-state index contributed by atoms with van der Waals surface area (Å²) in [5.74, 6) is -0.318. The molecule has 0 aliphatic heterocycles. The van der Waals surface area contributed by atoms with Crippen LogP contribution in [-0.2, 0) is 14.3 Å². The molecule has 0 spiro atoms. The molecule has 6 heteroatoms. The van der Waals surface area contributed by atoms with Gasteiger partial charge in [-0.15, -0.1) is 0 Å². The Bertz CT molecular complexity index is 300. The maximum atomic E-state index is 11.9. The summed E-state index contributed by atoms with van der Waals surface area (Å²) in [6.45, 7) is 6.91. The van der Waals surface area contributed by atoms with Gasteiger partial charge in [-0.1, -0.05) is 20.8 Å². The third-order valence-electron chi connectivity index (χ3n) is 2.94. The molecule has 112 valence electrons. The zero-order valence-corrected chi connectivity index (χ0v) is 12.7. The Labute approximate surface area is 115 Å². The van der Waals surface area contributed by atoms with Gasteiger partial charge in [0.1, 0.15) is 0 Å². The topological polar surface area (TPSA) is 84.7 Å². The van der Waals surface area contributed by atoms with Crippen molar-refractivity contribution in [2.75, 3.05) is 33.9 Å². The number of likely N-dealkylation sites (N-methyl/N-ethyl adjacent to an activating group) is 1. The van der Waals surface area contributed by atoms with E-state index in [1.807, 2.05) is 20.8 Å². The van der Waals surface area contributed by atoms with Gasteiger partial charge >= 0.3 is 0 Å². The third kappa shape index (κ3) is 7.79. The Morgan fingerprint density at radius 1 is 1.37 bits per heavy atom. The largest absolute Gasteiger partial charge is 0.383 e. The molecule has 1 atom stereocenters. The van der Waals surface area contributed by atoms with Crippen molar-refractivity contribution in [3.05, 3.63) is 0 Å².